The maximum absolute atomic E-state index is 11.2. The fourth-order valence-corrected chi connectivity index (χ4v) is 1.11. The smallest absolute Gasteiger partial charge is 0.337 e. The van der Waals surface area contributed by atoms with Gasteiger partial charge in [0.2, 0.25) is 0 Å². The summed E-state index contributed by atoms with van der Waals surface area (Å²) in [5, 5.41) is 9.47. The highest BCUT2D eigenvalue weighted by molar-refractivity contribution is 5.90. The number of hydrogen-bond acceptors (Lipinski definition) is 5. The second-order valence-electron chi connectivity index (χ2n) is 3.02. The van der Waals surface area contributed by atoms with E-state index in [1.807, 2.05) is 0 Å². The quantitative estimate of drug-likeness (QED) is 0.603. The minimum atomic E-state index is -0.475. The molecule has 0 heterocycles. The number of ether oxygens (including phenoxy) is 3. The molecule has 1 aromatic carbocycles. The van der Waals surface area contributed by atoms with Crippen LogP contribution in [0.5, 0.6) is 11.5 Å². The van der Waals surface area contributed by atoms with Crippen LogP contribution in [0.15, 0.2) is 18.2 Å². The standard InChI is InChI=1S/C11H14O5/c1-14-5-6-16-10-7-8(11(13)15-2)3-4-9(10)12/h3-4,7,12H,5-6H2,1-2H3. The van der Waals surface area contributed by atoms with Crippen LogP contribution in [0.2, 0.25) is 0 Å². The maximum Gasteiger partial charge on any atom is 0.337 e. The molecule has 0 amide bonds. The van der Waals surface area contributed by atoms with Crippen molar-refractivity contribution in [3.63, 3.8) is 0 Å². The number of methoxy groups -OCH3 is 2. The van der Waals surface area contributed by atoms with Crippen LogP contribution >= 0.6 is 0 Å². The van der Waals surface area contributed by atoms with Gasteiger partial charge in [0.15, 0.2) is 11.5 Å². The summed E-state index contributed by atoms with van der Waals surface area (Å²) in [5.74, 6) is -0.264. The minimum absolute atomic E-state index is 0.0243. The van der Waals surface area contributed by atoms with Gasteiger partial charge in [-0.2, -0.15) is 0 Å². The normalized spacial score (nSPS) is 9.88. The third-order valence-corrected chi connectivity index (χ3v) is 1.93. The molecule has 0 atom stereocenters. The Bertz CT molecular complexity index is 361. The highest BCUT2D eigenvalue weighted by Crippen LogP contribution is 2.26. The Labute approximate surface area is 93.6 Å². The number of phenolic OH excluding ortho intramolecular Hbond substituents is 1. The number of esters is 1. The zero-order valence-electron chi connectivity index (χ0n) is 9.23. The van der Waals surface area contributed by atoms with Gasteiger partial charge >= 0.3 is 5.97 Å². The molecule has 0 saturated carbocycles. The molecular formula is C11H14O5. The Balaban J connectivity index is 2.78. The predicted octanol–water partition coefficient (Wildman–Crippen LogP) is 1.20. The summed E-state index contributed by atoms with van der Waals surface area (Å²) < 4.78 is 14.6. The number of phenols is 1. The van der Waals surface area contributed by atoms with Gasteiger partial charge in [-0.25, -0.2) is 4.79 Å². The van der Waals surface area contributed by atoms with E-state index in [2.05, 4.69) is 4.74 Å². The third kappa shape index (κ3) is 3.13. The summed E-state index contributed by atoms with van der Waals surface area (Å²) in [6.45, 7) is 0.705. The van der Waals surface area contributed by atoms with Crippen LogP contribution in [0.25, 0.3) is 0 Å². The van der Waals surface area contributed by atoms with Crippen molar-refractivity contribution in [2.75, 3.05) is 27.4 Å². The largest absolute Gasteiger partial charge is 0.504 e. The summed E-state index contributed by atoms with van der Waals surface area (Å²) in [6, 6.07) is 4.27. The van der Waals surface area contributed by atoms with Gasteiger partial charge in [-0.15, -0.1) is 0 Å². The van der Waals surface area contributed by atoms with E-state index in [4.69, 9.17) is 9.47 Å². The number of carbonyl (C=O) groups is 1. The first kappa shape index (κ1) is 12.3. The molecule has 0 aliphatic rings. The van der Waals surface area contributed by atoms with E-state index in [0.717, 1.165) is 0 Å². The summed E-state index contributed by atoms with van der Waals surface area (Å²) in [5.41, 5.74) is 0.327. The van der Waals surface area contributed by atoms with Gasteiger partial charge in [-0.05, 0) is 18.2 Å². The first-order valence-corrected chi connectivity index (χ1v) is 4.72. The van der Waals surface area contributed by atoms with Gasteiger partial charge in [0.25, 0.3) is 0 Å². The van der Waals surface area contributed by atoms with Gasteiger partial charge in [0.1, 0.15) is 6.61 Å². The van der Waals surface area contributed by atoms with E-state index in [9.17, 15) is 9.90 Å². The van der Waals surface area contributed by atoms with E-state index < -0.39 is 5.97 Å². The van der Waals surface area contributed by atoms with Crippen molar-refractivity contribution < 1.29 is 24.1 Å². The van der Waals surface area contributed by atoms with E-state index >= 15 is 0 Å². The maximum atomic E-state index is 11.2. The number of benzene rings is 1. The summed E-state index contributed by atoms with van der Waals surface area (Å²) >= 11 is 0. The SMILES string of the molecule is COCCOc1cc(C(=O)OC)ccc1O. The lowest BCUT2D eigenvalue weighted by Gasteiger charge is -2.08. The second-order valence-corrected chi connectivity index (χ2v) is 3.02. The number of carbonyl (C=O) groups excluding carboxylic acids is 1. The van der Waals surface area contributed by atoms with Crippen molar-refractivity contribution in [2.45, 2.75) is 0 Å². The van der Waals surface area contributed by atoms with Crippen LogP contribution in [-0.2, 0) is 9.47 Å². The molecule has 0 unspecified atom stereocenters. The lowest BCUT2D eigenvalue weighted by atomic mass is 10.2. The fraction of sp³-hybridized carbons (Fsp3) is 0.364. The highest BCUT2D eigenvalue weighted by atomic mass is 16.5. The van der Waals surface area contributed by atoms with Crippen LogP contribution in [0.3, 0.4) is 0 Å². The molecule has 0 aromatic heterocycles. The minimum Gasteiger partial charge on any atom is -0.504 e. The lowest BCUT2D eigenvalue weighted by molar-refractivity contribution is 0.0600. The molecular weight excluding hydrogens is 212 g/mol. The molecule has 0 radical (unpaired) electrons. The molecule has 0 spiro atoms. The molecule has 1 N–H and O–H groups in total. The van der Waals surface area contributed by atoms with Gasteiger partial charge in [-0.3, -0.25) is 0 Å². The first-order chi connectivity index (χ1) is 7.69. The number of rotatable bonds is 5. The van der Waals surface area contributed by atoms with E-state index in [0.29, 0.717) is 18.8 Å². The molecule has 1 aromatic rings. The Morgan fingerprint density at radius 3 is 2.69 bits per heavy atom. The first-order valence-electron chi connectivity index (χ1n) is 4.72. The third-order valence-electron chi connectivity index (χ3n) is 1.93. The average molecular weight is 226 g/mol. The molecule has 0 saturated heterocycles. The van der Waals surface area contributed by atoms with Gasteiger partial charge in [0.05, 0.1) is 19.3 Å². The summed E-state index contributed by atoms with van der Waals surface area (Å²) in [4.78, 5) is 11.2. The molecule has 0 fully saturated rings. The van der Waals surface area contributed by atoms with Crippen molar-refractivity contribution in [3.05, 3.63) is 23.8 Å². The van der Waals surface area contributed by atoms with E-state index in [1.54, 1.807) is 7.11 Å². The molecule has 1 rings (SSSR count). The molecule has 5 heteroatoms. The van der Waals surface area contributed by atoms with Gasteiger partial charge < -0.3 is 19.3 Å². The van der Waals surface area contributed by atoms with Crippen LogP contribution < -0.4 is 4.74 Å². The van der Waals surface area contributed by atoms with Crippen LogP contribution in [0.1, 0.15) is 10.4 Å². The monoisotopic (exact) mass is 226 g/mol. The molecule has 0 bridgehead atoms. The van der Waals surface area contributed by atoms with Gasteiger partial charge in [-0.1, -0.05) is 0 Å². The molecule has 88 valence electrons. The highest BCUT2D eigenvalue weighted by Gasteiger charge is 2.10. The van der Waals surface area contributed by atoms with Crippen molar-refractivity contribution >= 4 is 5.97 Å². The fourth-order valence-electron chi connectivity index (χ4n) is 1.11. The second kappa shape index (κ2) is 5.97. The molecule has 0 aliphatic heterocycles. The Morgan fingerprint density at radius 2 is 2.06 bits per heavy atom. The molecule has 0 aliphatic carbocycles. The van der Waals surface area contributed by atoms with Crippen molar-refractivity contribution in [1.29, 1.82) is 0 Å². The lowest BCUT2D eigenvalue weighted by Crippen LogP contribution is -2.06. The van der Waals surface area contributed by atoms with Crippen LogP contribution in [-0.4, -0.2) is 38.5 Å². The zero-order chi connectivity index (χ0) is 12.0. The average Bonchev–Trinajstić information content (AvgIpc) is 2.31. The Kier molecular flexibility index (Phi) is 4.60. The van der Waals surface area contributed by atoms with Crippen molar-refractivity contribution in [1.82, 2.24) is 0 Å². The number of hydrogen-bond donors (Lipinski definition) is 1. The molecule has 16 heavy (non-hydrogen) atoms. The number of aromatic hydroxyl groups is 1. The topological polar surface area (TPSA) is 65.0 Å². The molecule has 5 nitrogen and oxygen atoms in total. The van der Waals surface area contributed by atoms with Crippen molar-refractivity contribution in [2.24, 2.45) is 0 Å². The van der Waals surface area contributed by atoms with Gasteiger partial charge in [0, 0.05) is 7.11 Å². The Morgan fingerprint density at radius 1 is 1.31 bits per heavy atom. The predicted molar refractivity (Wildman–Crippen MR) is 56.8 cm³/mol. The Hall–Kier alpha value is -1.75. The van der Waals surface area contributed by atoms with Crippen LogP contribution in [0, 0.1) is 0 Å². The van der Waals surface area contributed by atoms with E-state index in [1.165, 1.54) is 25.3 Å². The van der Waals surface area contributed by atoms with Crippen LogP contribution in [0.4, 0.5) is 0 Å². The summed E-state index contributed by atoms with van der Waals surface area (Å²) in [6.07, 6.45) is 0. The van der Waals surface area contributed by atoms with Crippen molar-refractivity contribution in [3.8, 4) is 11.5 Å². The van der Waals surface area contributed by atoms with E-state index in [-0.39, 0.29) is 11.5 Å². The summed E-state index contributed by atoms with van der Waals surface area (Å²) in [7, 11) is 2.84. The zero-order valence-corrected chi connectivity index (χ0v) is 9.23.